The fourth-order valence-corrected chi connectivity index (χ4v) is 2.09. The Morgan fingerprint density at radius 3 is 2.32 bits per heavy atom. The Bertz CT molecular complexity index is 596. The fraction of sp³-hybridized carbons (Fsp3) is 0.0769. The summed E-state index contributed by atoms with van der Waals surface area (Å²) in [4.78, 5) is 0. The lowest BCUT2D eigenvalue weighted by Crippen LogP contribution is -2.02. The molecule has 0 aliphatic carbocycles. The highest BCUT2D eigenvalue weighted by Crippen LogP contribution is 2.26. The second-order valence-corrected chi connectivity index (χ2v) is 5.17. The van der Waals surface area contributed by atoms with Crippen LogP contribution >= 0.6 is 27.5 Å². The summed E-state index contributed by atoms with van der Waals surface area (Å²) in [6.45, 7) is 0.129. The van der Waals surface area contributed by atoms with Crippen LogP contribution < -0.4 is 5.32 Å². The van der Waals surface area contributed by atoms with E-state index in [0.717, 1.165) is 16.6 Å². The van der Waals surface area contributed by atoms with Gasteiger partial charge in [0, 0.05) is 11.0 Å². The molecule has 2 rings (SSSR count). The Morgan fingerprint density at radius 1 is 1.05 bits per heavy atom. The molecule has 0 radical (unpaired) electrons. The number of rotatable bonds is 3. The zero-order valence-corrected chi connectivity index (χ0v) is 11.8. The first kappa shape index (κ1) is 14.2. The van der Waals surface area contributed by atoms with Gasteiger partial charge in [-0.2, -0.15) is 0 Å². The van der Waals surface area contributed by atoms with Crippen LogP contribution in [0.15, 0.2) is 34.8 Å². The van der Waals surface area contributed by atoms with Crippen LogP contribution in [0.4, 0.5) is 18.9 Å². The van der Waals surface area contributed by atoms with E-state index in [2.05, 4.69) is 21.2 Å². The van der Waals surface area contributed by atoms with Crippen molar-refractivity contribution in [2.75, 3.05) is 5.32 Å². The monoisotopic (exact) mass is 349 g/mol. The molecule has 0 heterocycles. The van der Waals surface area contributed by atoms with Gasteiger partial charge >= 0.3 is 0 Å². The minimum Gasteiger partial charge on any atom is -0.380 e. The van der Waals surface area contributed by atoms with Crippen LogP contribution in [0.3, 0.4) is 0 Å². The van der Waals surface area contributed by atoms with Crippen molar-refractivity contribution in [1.82, 2.24) is 0 Å². The Kier molecular flexibility index (Phi) is 4.37. The van der Waals surface area contributed by atoms with E-state index in [-0.39, 0.29) is 12.1 Å². The van der Waals surface area contributed by atoms with E-state index in [0.29, 0.717) is 10.7 Å². The van der Waals surface area contributed by atoms with Crippen LogP contribution in [0, 0.1) is 17.5 Å². The summed E-state index contributed by atoms with van der Waals surface area (Å²) in [6.07, 6.45) is 0. The van der Waals surface area contributed by atoms with E-state index in [4.69, 9.17) is 11.6 Å². The summed E-state index contributed by atoms with van der Waals surface area (Å²) in [5, 5.41) is 3.40. The zero-order valence-electron chi connectivity index (χ0n) is 9.48. The van der Waals surface area contributed by atoms with E-state index in [1.165, 1.54) is 0 Å². The maximum atomic E-state index is 13.0. The Hall–Kier alpha value is -1.20. The lowest BCUT2D eigenvalue weighted by molar-refractivity contribution is 0.445. The molecule has 0 aromatic heterocycles. The molecule has 0 bridgehead atoms. The van der Waals surface area contributed by atoms with Crippen molar-refractivity contribution in [2.45, 2.75) is 6.54 Å². The first-order valence-corrected chi connectivity index (χ1v) is 6.47. The van der Waals surface area contributed by atoms with Crippen LogP contribution in [-0.2, 0) is 6.54 Å². The van der Waals surface area contributed by atoms with Crippen molar-refractivity contribution in [3.63, 3.8) is 0 Å². The maximum Gasteiger partial charge on any atom is 0.194 e. The molecule has 2 aromatic rings. The molecule has 19 heavy (non-hydrogen) atoms. The van der Waals surface area contributed by atoms with Gasteiger partial charge in [0.15, 0.2) is 17.5 Å². The van der Waals surface area contributed by atoms with E-state index in [9.17, 15) is 13.2 Å². The average Bonchev–Trinajstić information content (AvgIpc) is 2.37. The standard InChI is InChI=1S/C13H8BrClF3N/c14-8-1-2-9(15)12(5-8)19-6-7-3-10(16)13(18)11(17)4-7/h1-5,19H,6H2. The number of hydrogen-bond acceptors (Lipinski definition) is 1. The van der Waals surface area contributed by atoms with Crippen LogP contribution in [-0.4, -0.2) is 0 Å². The summed E-state index contributed by atoms with van der Waals surface area (Å²) >= 11 is 9.25. The van der Waals surface area contributed by atoms with Crippen LogP contribution in [0.5, 0.6) is 0 Å². The fourth-order valence-electron chi connectivity index (χ4n) is 1.54. The minimum absolute atomic E-state index is 0.129. The molecule has 0 atom stereocenters. The number of anilines is 1. The number of nitrogens with one attached hydrogen (secondary N) is 1. The van der Waals surface area contributed by atoms with Gasteiger partial charge in [0.25, 0.3) is 0 Å². The van der Waals surface area contributed by atoms with Gasteiger partial charge in [-0.3, -0.25) is 0 Å². The number of hydrogen-bond donors (Lipinski definition) is 1. The molecule has 1 nitrogen and oxygen atoms in total. The molecule has 0 spiro atoms. The predicted octanol–water partition coefficient (Wildman–Crippen LogP) is 5.13. The third kappa shape index (κ3) is 3.42. The van der Waals surface area contributed by atoms with Crippen molar-refractivity contribution >= 4 is 33.2 Å². The Morgan fingerprint density at radius 2 is 1.68 bits per heavy atom. The van der Waals surface area contributed by atoms with Gasteiger partial charge in [0.2, 0.25) is 0 Å². The number of halogens is 5. The van der Waals surface area contributed by atoms with Crippen LogP contribution in [0.25, 0.3) is 0 Å². The highest BCUT2D eigenvalue weighted by atomic mass is 79.9. The quantitative estimate of drug-likeness (QED) is 0.757. The number of benzene rings is 2. The minimum atomic E-state index is -1.47. The van der Waals surface area contributed by atoms with Gasteiger partial charge in [0.1, 0.15) is 0 Å². The van der Waals surface area contributed by atoms with Gasteiger partial charge in [0.05, 0.1) is 10.7 Å². The smallest absolute Gasteiger partial charge is 0.194 e. The predicted molar refractivity (Wildman–Crippen MR) is 72.8 cm³/mol. The molecular formula is C13H8BrClF3N. The molecule has 0 aliphatic rings. The molecule has 0 aliphatic heterocycles. The normalized spacial score (nSPS) is 10.6. The van der Waals surface area contributed by atoms with E-state index < -0.39 is 17.5 Å². The SMILES string of the molecule is Fc1cc(CNc2cc(Br)ccc2Cl)cc(F)c1F. The molecule has 0 unspecified atom stereocenters. The topological polar surface area (TPSA) is 12.0 Å². The highest BCUT2D eigenvalue weighted by molar-refractivity contribution is 9.10. The molecule has 0 saturated carbocycles. The van der Waals surface area contributed by atoms with Gasteiger partial charge in [-0.25, -0.2) is 13.2 Å². The molecule has 100 valence electrons. The van der Waals surface area contributed by atoms with E-state index in [1.807, 2.05) is 0 Å². The molecular weight excluding hydrogens is 343 g/mol. The molecule has 1 N–H and O–H groups in total. The maximum absolute atomic E-state index is 13.0. The second-order valence-electron chi connectivity index (χ2n) is 3.85. The van der Waals surface area contributed by atoms with Crippen molar-refractivity contribution < 1.29 is 13.2 Å². The molecule has 0 amide bonds. The van der Waals surface area contributed by atoms with Crippen LogP contribution in [0.2, 0.25) is 5.02 Å². The van der Waals surface area contributed by atoms with Crippen LogP contribution in [0.1, 0.15) is 5.56 Å². The first-order chi connectivity index (χ1) is 8.97. The zero-order chi connectivity index (χ0) is 14.0. The Labute approximate surface area is 121 Å². The summed E-state index contributed by atoms with van der Waals surface area (Å²) < 4.78 is 39.7. The molecule has 0 saturated heterocycles. The lowest BCUT2D eigenvalue weighted by Gasteiger charge is -2.09. The average molecular weight is 351 g/mol. The molecule has 6 heteroatoms. The third-order valence-corrected chi connectivity index (χ3v) is 3.28. The van der Waals surface area contributed by atoms with Crippen molar-refractivity contribution in [3.8, 4) is 0 Å². The van der Waals surface area contributed by atoms with E-state index in [1.54, 1.807) is 18.2 Å². The largest absolute Gasteiger partial charge is 0.380 e. The summed E-state index contributed by atoms with van der Waals surface area (Å²) in [5.41, 5.74) is 0.897. The molecule has 2 aromatic carbocycles. The molecule has 0 fully saturated rings. The van der Waals surface area contributed by atoms with Crippen molar-refractivity contribution in [3.05, 3.63) is 62.8 Å². The first-order valence-electron chi connectivity index (χ1n) is 5.29. The lowest BCUT2D eigenvalue weighted by atomic mass is 10.2. The summed E-state index contributed by atoms with van der Waals surface area (Å²) in [5.74, 6) is -3.89. The Balaban J connectivity index is 2.17. The van der Waals surface area contributed by atoms with Crippen molar-refractivity contribution in [2.24, 2.45) is 0 Å². The van der Waals surface area contributed by atoms with Gasteiger partial charge in [-0.1, -0.05) is 27.5 Å². The van der Waals surface area contributed by atoms with Gasteiger partial charge in [-0.15, -0.1) is 0 Å². The summed E-state index contributed by atoms with van der Waals surface area (Å²) in [7, 11) is 0. The van der Waals surface area contributed by atoms with Gasteiger partial charge < -0.3 is 5.32 Å². The second kappa shape index (κ2) is 5.84. The van der Waals surface area contributed by atoms with E-state index >= 15 is 0 Å². The van der Waals surface area contributed by atoms with Gasteiger partial charge in [-0.05, 0) is 35.9 Å². The highest BCUT2D eigenvalue weighted by Gasteiger charge is 2.10. The summed E-state index contributed by atoms with van der Waals surface area (Å²) in [6, 6.07) is 7.07. The van der Waals surface area contributed by atoms with Crippen molar-refractivity contribution in [1.29, 1.82) is 0 Å². The third-order valence-electron chi connectivity index (χ3n) is 2.45.